The van der Waals surface area contributed by atoms with E-state index < -0.39 is 5.82 Å². The lowest BCUT2D eigenvalue weighted by Gasteiger charge is -2.23. The lowest BCUT2D eigenvalue weighted by Crippen LogP contribution is -2.38. The Labute approximate surface area is 155 Å². The summed E-state index contributed by atoms with van der Waals surface area (Å²) in [5.41, 5.74) is 1.92. The molecule has 0 spiro atoms. The molecule has 1 heterocycles. The molecular formula is C19H17ClFN3O2. The molecule has 7 heteroatoms. The molecule has 0 saturated heterocycles. The van der Waals surface area contributed by atoms with E-state index >= 15 is 0 Å². The van der Waals surface area contributed by atoms with Gasteiger partial charge in [-0.15, -0.1) is 0 Å². The van der Waals surface area contributed by atoms with Gasteiger partial charge in [0.15, 0.2) is 0 Å². The first kappa shape index (κ1) is 18.1. The molecule has 26 heavy (non-hydrogen) atoms. The lowest BCUT2D eigenvalue weighted by atomic mass is 10.1. The van der Waals surface area contributed by atoms with Crippen molar-refractivity contribution in [3.63, 3.8) is 0 Å². The van der Waals surface area contributed by atoms with E-state index in [9.17, 15) is 14.0 Å². The zero-order valence-corrected chi connectivity index (χ0v) is 14.7. The van der Waals surface area contributed by atoms with Crippen molar-refractivity contribution in [2.45, 2.75) is 25.9 Å². The van der Waals surface area contributed by atoms with Gasteiger partial charge < -0.3 is 5.32 Å². The van der Waals surface area contributed by atoms with E-state index in [2.05, 4.69) is 10.4 Å². The van der Waals surface area contributed by atoms with Gasteiger partial charge in [0.2, 0.25) is 5.91 Å². The summed E-state index contributed by atoms with van der Waals surface area (Å²) in [7, 11) is 0. The van der Waals surface area contributed by atoms with Crippen LogP contribution < -0.4 is 5.32 Å². The highest BCUT2D eigenvalue weighted by atomic mass is 35.5. The Kier molecular flexibility index (Phi) is 5.63. The summed E-state index contributed by atoms with van der Waals surface area (Å²) in [6, 6.07) is 13.7. The third-order valence-electron chi connectivity index (χ3n) is 3.98. The van der Waals surface area contributed by atoms with E-state index in [4.69, 9.17) is 11.6 Å². The largest absolute Gasteiger partial charge is 0.347 e. The summed E-state index contributed by atoms with van der Waals surface area (Å²) in [6.07, 6.45) is 0.529. The van der Waals surface area contributed by atoms with Crippen LogP contribution in [-0.2, 0) is 22.7 Å². The van der Waals surface area contributed by atoms with Crippen molar-refractivity contribution in [3.05, 3.63) is 70.5 Å². The molecule has 0 aromatic heterocycles. The van der Waals surface area contributed by atoms with E-state index in [-0.39, 0.29) is 29.8 Å². The monoisotopic (exact) mass is 373 g/mol. The molecule has 0 radical (unpaired) electrons. The summed E-state index contributed by atoms with van der Waals surface area (Å²) < 4.78 is 13.2. The fourth-order valence-corrected chi connectivity index (χ4v) is 2.78. The van der Waals surface area contributed by atoms with Crippen LogP contribution in [0.15, 0.2) is 53.6 Å². The molecule has 0 atom stereocenters. The minimum atomic E-state index is -0.506. The molecule has 0 aliphatic carbocycles. The number of rotatable bonds is 5. The summed E-state index contributed by atoms with van der Waals surface area (Å²) >= 11 is 5.73. The maximum absolute atomic E-state index is 13.2. The van der Waals surface area contributed by atoms with Crippen LogP contribution in [0.1, 0.15) is 24.0 Å². The molecule has 0 unspecified atom stereocenters. The first-order valence-corrected chi connectivity index (χ1v) is 8.54. The Hall–Kier alpha value is -2.73. The number of carbonyl (C=O) groups excluding carboxylic acids is 2. The predicted molar refractivity (Wildman–Crippen MR) is 96.9 cm³/mol. The van der Waals surface area contributed by atoms with Crippen LogP contribution in [0.5, 0.6) is 0 Å². The number of nitrogens with zero attached hydrogens (tertiary/aromatic N) is 2. The standard InChI is InChI=1S/C19H17ClFN3O2/c20-15-10-14(6-7-16(15)21)11-22-19(26)17-8-9-18(25)24(23-17)12-13-4-2-1-3-5-13/h1-7,10H,8-9,11-12H2,(H,22,26). The second kappa shape index (κ2) is 8.10. The molecule has 1 aliphatic heterocycles. The first-order chi connectivity index (χ1) is 12.5. The summed E-state index contributed by atoms with van der Waals surface area (Å²) in [5, 5.41) is 8.26. The van der Waals surface area contributed by atoms with E-state index in [0.29, 0.717) is 24.2 Å². The first-order valence-electron chi connectivity index (χ1n) is 8.17. The Balaban J connectivity index is 1.65. The Morgan fingerprint density at radius 2 is 1.92 bits per heavy atom. The highest BCUT2D eigenvalue weighted by Gasteiger charge is 2.24. The van der Waals surface area contributed by atoms with E-state index in [0.717, 1.165) is 5.56 Å². The number of hydrogen-bond acceptors (Lipinski definition) is 3. The zero-order valence-electron chi connectivity index (χ0n) is 13.9. The van der Waals surface area contributed by atoms with Crippen LogP contribution in [0.2, 0.25) is 5.02 Å². The smallest absolute Gasteiger partial charge is 0.267 e. The van der Waals surface area contributed by atoms with E-state index in [1.54, 1.807) is 6.07 Å². The molecule has 2 aromatic rings. The molecule has 2 amide bonds. The molecule has 2 aromatic carbocycles. The van der Waals surface area contributed by atoms with Gasteiger partial charge in [0.05, 0.1) is 11.6 Å². The van der Waals surface area contributed by atoms with Gasteiger partial charge in [-0.1, -0.05) is 48.0 Å². The van der Waals surface area contributed by atoms with Crippen molar-refractivity contribution < 1.29 is 14.0 Å². The summed E-state index contributed by atoms with van der Waals surface area (Å²) in [5.74, 6) is -0.972. The molecule has 0 bridgehead atoms. The number of halogens is 2. The van der Waals surface area contributed by atoms with E-state index in [1.807, 2.05) is 30.3 Å². The van der Waals surface area contributed by atoms with Crippen molar-refractivity contribution in [2.24, 2.45) is 5.10 Å². The van der Waals surface area contributed by atoms with Crippen LogP contribution >= 0.6 is 11.6 Å². The second-order valence-corrected chi connectivity index (χ2v) is 6.32. The number of hydrazone groups is 1. The third-order valence-corrected chi connectivity index (χ3v) is 4.27. The number of carbonyl (C=O) groups is 2. The topological polar surface area (TPSA) is 61.8 Å². The number of amides is 2. The van der Waals surface area contributed by atoms with Gasteiger partial charge in [-0.05, 0) is 23.3 Å². The van der Waals surface area contributed by atoms with Crippen molar-refractivity contribution in [2.75, 3.05) is 0 Å². The molecule has 134 valence electrons. The molecular weight excluding hydrogens is 357 g/mol. The fourth-order valence-electron chi connectivity index (χ4n) is 2.58. The Morgan fingerprint density at radius 3 is 2.65 bits per heavy atom. The third kappa shape index (κ3) is 4.46. The summed E-state index contributed by atoms with van der Waals surface area (Å²) in [4.78, 5) is 24.4. The molecule has 0 saturated carbocycles. The van der Waals surface area contributed by atoms with Gasteiger partial charge >= 0.3 is 0 Å². The second-order valence-electron chi connectivity index (χ2n) is 5.91. The minimum absolute atomic E-state index is 0.00592. The van der Waals surface area contributed by atoms with Gasteiger partial charge in [-0.3, -0.25) is 9.59 Å². The Bertz CT molecular complexity index is 855. The minimum Gasteiger partial charge on any atom is -0.347 e. The van der Waals surface area contributed by atoms with Crippen LogP contribution in [0.4, 0.5) is 4.39 Å². The van der Waals surface area contributed by atoms with Gasteiger partial charge in [0.1, 0.15) is 11.5 Å². The maximum atomic E-state index is 13.2. The normalized spacial score (nSPS) is 14.2. The molecule has 1 aliphatic rings. The summed E-state index contributed by atoms with van der Waals surface area (Å²) in [6.45, 7) is 0.522. The quantitative estimate of drug-likeness (QED) is 0.874. The number of nitrogens with one attached hydrogen (secondary N) is 1. The molecule has 3 rings (SSSR count). The zero-order chi connectivity index (χ0) is 18.5. The van der Waals surface area contributed by atoms with Crippen molar-refractivity contribution >= 4 is 29.1 Å². The van der Waals surface area contributed by atoms with Gasteiger partial charge in [-0.2, -0.15) is 5.10 Å². The lowest BCUT2D eigenvalue weighted by molar-refractivity contribution is -0.132. The maximum Gasteiger partial charge on any atom is 0.267 e. The van der Waals surface area contributed by atoms with Crippen LogP contribution in [-0.4, -0.2) is 22.5 Å². The van der Waals surface area contributed by atoms with Gasteiger partial charge in [-0.25, -0.2) is 9.40 Å². The Morgan fingerprint density at radius 1 is 1.15 bits per heavy atom. The average molecular weight is 374 g/mol. The molecule has 1 N–H and O–H groups in total. The van der Waals surface area contributed by atoms with Crippen LogP contribution in [0.3, 0.4) is 0 Å². The average Bonchev–Trinajstić information content (AvgIpc) is 2.65. The van der Waals surface area contributed by atoms with Gasteiger partial charge in [0, 0.05) is 19.4 Å². The van der Waals surface area contributed by atoms with Crippen LogP contribution in [0, 0.1) is 5.82 Å². The molecule has 5 nitrogen and oxygen atoms in total. The van der Waals surface area contributed by atoms with Crippen molar-refractivity contribution in [1.29, 1.82) is 0 Å². The number of hydrogen-bond donors (Lipinski definition) is 1. The highest BCUT2D eigenvalue weighted by Crippen LogP contribution is 2.16. The van der Waals surface area contributed by atoms with Crippen molar-refractivity contribution in [1.82, 2.24) is 10.3 Å². The van der Waals surface area contributed by atoms with Crippen LogP contribution in [0.25, 0.3) is 0 Å². The number of benzene rings is 2. The van der Waals surface area contributed by atoms with Crippen molar-refractivity contribution in [3.8, 4) is 0 Å². The van der Waals surface area contributed by atoms with Gasteiger partial charge in [0.25, 0.3) is 5.91 Å². The fraction of sp³-hybridized carbons (Fsp3) is 0.211. The predicted octanol–water partition coefficient (Wildman–Crippen LogP) is 3.27. The van der Waals surface area contributed by atoms with E-state index in [1.165, 1.54) is 17.1 Å². The SMILES string of the molecule is O=C(NCc1ccc(F)c(Cl)c1)C1=NN(Cc2ccccc2)C(=O)CC1. The molecule has 0 fully saturated rings. The highest BCUT2D eigenvalue weighted by molar-refractivity contribution is 6.39.